The second-order valence-corrected chi connectivity index (χ2v) is 5.51. The fourth-order valence-corrected chi connectivity index (χ4v) is 2.42. The quantitative estimate of drug-likeness (QED) is 0.866. The lowest BCUT2D eigenvalue weighted by Gasteiger charge is -2.27. The molecule has 0 saturated carbocycles. The van der Waals surface area contributed by atoms with Gasteiger partial charge in [0.05, 0.1) is 19.8 Å². The van der Waals surface area contributed by atoms with Crippen molar-refractivity contribution < 1.29 is 19.4 Å². The zero-order valence-corrected chi connectivity index (χ0v) is 13.1. The maximum Gasteiger partial charge on any atom is 0.317 e. The third-order valence-corrected chi connectivity index (χ3v) is 3.82. The van der Waals surface area contributed by atoms with E-state index >= 15 is 0 Å². The minimum absolute atomic E-state index is 0.151. The highest BCUT2D eigenvalue weighted by molar-refractivity contribution is 5.74. The second-order valence-electron chi connectivity index (χ2n) is 5.51. The van der Waals surface area contributed by atoms with Gasteiger partial charge in [-0.05, 0) is 30.5 Å². The van der Waals surface area contributed by atoms with Gasteiger partial charge in [0, 0.05) is 26.3 Å². The monoisotopic (exact) mass is 308 g/mol. The van der Waals surface area contributed by atoms with Gasteiger partial charge < -0.3 is 24.8 Å². The van der Waals surface area contributed by atoms with E-state index in [9.17, 15) is 9.90 Å². The van der Waals surface area contributed by atoms with Crippen LogP contribution in [0.5, 0.6) is 5.75 Å². The number of aliphatic hydroxyl groups excluding tert-OH is 1. The van der Waals surface area contributed by atoms with Crippen molar-refractivity contribution >= 4 is 6.03 Å². The van der Waals surface area contributed by atoms with Gasteiger partial charge in [-0.1, -0.05) is 12.1 Å². The van der Waals surface area contributed by atoms with E-state index in [2.05, 4.69) is 5.32 Å². The summed E-state index contributed by atoms with van der Waals surface area (Å²) in [6, 6.07) is 7.20. The second kappa shape index (κ2) is 8.00. The number of ether oxygens (including phenoxy) is 2. The Labute approximate surface area is 131 Å². The van der Waals surface area contributed by atoms with Crippen LogP contribution in [0.3, 0.4) is 0 Å². The van der Waals surface area contributed by atoms with Gasteiger partial charge in [0.15, 0.2) is 0 Å². The number of methoxy groups -OCH3 is 1. The number of amides is 2. The maximum absolute atomic E-state index is 12.1. The van der Waals surface area contributed by atoms with Crippen molar-refractivity contribution in [3.05, 3.63) is 29.8 Å². The van der Waals surface area contributed by atoms with E-state index in [4.69, 9.17) is 9.47 Å². The van der Waals surface area contributed by atoms with Crippen LogP contribution in [0, 0.1) is 0 Å². The van der Waals surface area contributed by atoms with Crippen LogP contribution in [0.25, 0.3) is 0 Å². The first-order chi connectivity index (χ1) is 10.6. The SMILES string of the molecule is COc1cccc(C(O)CN(C)C(=O)NC2CCOCC2)c1. The molecule has 122 valence electrons. The van der Waals surface area contributed by atoms with E-state index in [1.54, 1.807) is 20.2 Å². The van der Waals surface area contributed by atoms with Crippen LogP contribution in [-0.2, 0) is 4.74 Å². The molecule has 2 rings (SSSR count). The molecule has 0 aliphatic carbocycles. The molecule has 1 fully saturated rings. The molecule has 1 aliphatic heterocycles. The zero-order chi connectivity index (χ0) is 15.9. The number of urea groups is 1. The van der Waals surface area contributed by atoms with Crippen molar-refractivity contribution in [1.82, 2.24) is 10.2 Å². The van der Waals surface area contributed by atoms with Crippen LogP contribution in [0.2, 0.25) is 0 Å². The summed E-state index contributed by atoms with van der Waals surface area (Å²) in [4.78, 5) is 13.6. The summed E-state index contributed by atoms with van der Waals surface area (Å²) in [5, 5.41) is 13.2. The smallest absolute Gasteiger partial charge is 0.317 e. The lowest BCUT2D eigenvalue weighted by atomic mass is 10.1. The van der Waals surface area contributed by atoms with Crippen molar-refractivity contribution in [2.24, 2.45) is 0 Å². The van der Waals surface area contributed by atoms with Crippen molar-refractivity contribution in [2.45, 2.75) is 25.0 Å². The van der Waals surface area contributed by atoms with E-state index < -0.39 is 6.10 Å². The Kier molecular flexibility index (Phi) is 6.03. The average molecular weight is 308 g/mol. The van der Waals surface area contributed by atoms with Crippen molar-refractivity contribution in [3.8, 4) is 5.75 Å². The summed E-state index contributed by atoms with van der Waals surface area (Å²) in [5.41, 5.74) is 0.727. The average Bonchev–Trinajstić information content (AvgIpc) is 2.55. The number of nitrogens with zero attached hydrogens (tertiary/aromatic N) is 1. The molecule has 0 spiro atoms. The van der Waals surface area contributed by atoms with Crippen molar-refractivity contribution in [2.75, 3.05) is 33.9 Å². The minimum Gasteiger partial charge on any atom is -0.497 e. The Morgan fingerprint density at radius 2 is 2.23 bits per heavy atom. The number of nitrogens with one attached hydrogen (secondary N) is 1. The number of likely N-dealkylation sites (N-methyl/N-ethyl adjacent to an activating group) is 1. The molecule has 2 amide bonds. The van der Waals surface area contributed by atoms with Gasteiger partial charge in [-0.25, -0.2) is 4.79 Å². The predicted octanol–water partition coefficient (Wildman–Crippen LogP) is 1.55. The normalized spacial score (nSPS) is 16.9. The maximum atomic E-state index is 12.1. The number of carbonyl (C=O) groups is 1. The molecule has 0 bridgehead atoms. The first-order valence-corrected chi connectivity index (χ1v) is 7.51. The molecule has 0 aromatic heterocycles. The molecule has 1 heterocycles. The molecule has 1 aliphatic rings. The van der Waals surface area contributed by atoms with Crippen LogP contribution in [-0.4, -0.2) is 56.0 Å². The summed E-state index contributed by atoms with van der Waals surface area (Å²) in [5.74, 6) is 0.686. The number of hydrogen-bond acceptors (Lipinski definition) is 4. The highest BCUT2D eigenvalue weighted by Crippen LogP contribution is 2.19. The molecule has 1 aromatic rings. The van der Waals surface area contributed by atoms with Crippen LogP contribution >= 0.6 is 0 Å². The van der Waals surface area contributed by atoms with Crippen LogP contribution in [0.1, 0.15) is 24.5 Å². The van der Waals surface area contributed by atoms with E-state index in [1.165, 1.54) is 4.90 Å². The largest absolute Gasteiger partial charge is 0.497 e. The topological polar surface area (TPSA) is 71.0 Å². The third kappa shape index (κ3) is 4.61. The number of aliphatic hydroxyl groups is 1. The van der Waals surface area contributed by atoms with Gasteiger partial charge in [0.2, 0.25) is 0 Å². The highest BCUT2D eigenvalue weighted by Gasteiger charge is 2.20. The molecule has 0 radical (unpaired) electrons. The van der Waals surface area contributed by atoms with Crippen molar-refractivity contribution in [1.29, 1.82) is 0 Å². The van der Waals surface area contributed by atoms with E-state index in [0.29, 0.717) is 19.0 Å². The van der Waals surface area contributed by atoms with E-state index in [0.717, 1.165) is 18.4 Å². The standard InChI is InChI=1S/C16H24N2O4/c1-18(16(20)17-13-6-8-22-9-7-13)11-15(19)12-4-3-5-14(10-12)21-2/h3-5,10,13,15,19H,6-9,11H2,1-2H3,(H,17,20). The molecule has 1 saturated heterocycles. The summed E-state index contributed by atoms with van der Waals surface area (Å²) in [7, 11) is 3.26. The van der Waals surface area contributed by atoms with Gasteiger partial charge in [-0.15, -0.1) is 0 Å². The molecular formula is C16H24N2O4. The van der Waals surface area contributed by atoms with Gasteiger partial charge >= 0.3 is 6.03 Å². The predicted molar refractivity (Wildman–Crippen MR) is 83.0 cm³/mol. The van der Waals surface area contributed by atoms with Gasteiger partial charge in [-0.2, -0.15) is 0 Å². The lowest BCUT2D eigenvalue weighted by molar-refractivity contribution is 0.0768. The summed E-state index contributed by atoms with van der Waals surface area (Å²) >= 11 is 0. The third-order valence-electron chi connectivity index (χ3n) is 3.82. The Morgan fingerprint density at radius 3 is 2.91 bits per heavy atom. The van der Waals surface area contributed by atoms with Crippen LogP contribution in [0.4, 0.5) is 4.79 Å². The summed E-state index contributed by atoms with van der Waals surface area (Å²) in [6.07, 6.45) is 0.913. The molecule has 2 N–H and O–H groups in total. The number of carbonyl (C=O) groups excluding carboxylic acids is 1. The minimum atomic E-state index is -0.750. The molecular weight excluding hydrogens is 284 g/mol. The Bertz CT molecular complexity index is 489. The number of benzene rings is 1. The fourth-order valence-electron chi connectivity index (χ4n) is 2.42. The lowest BCUT2D eigenvalue weighted by Crippen LogP contribution is -2.46. The zero-order valence-electron chi connectivity index (χ0n) is 13.1. The summed E-state index contributed by atoms with van der Waals surface area (Å²) < 4.78 is 10.4. The molecule has 6 heteroatoms. The van der Waals surface area contributed by atoms with Crippen molar-refractivity contribution in [3.63, 3.8) is 0 Å². The first kappa shape index (κ1) is 16.6. The van der Waals surface area contributed by atoms with Crippen LogP contribution < -0.4 is 10.1 Å². The van der Waals surface area contributed by atoms with E-state index in [-0.39, 0.29) is 18.6 Å². The van der Waals surface area contributed by atoms with Gasteiger partial charge in [-0.3, -0.25) is 0 Å². The van der Waals surface area contributed by atoms with Gasteiger partial charge in [0.1, 0.15) is 5.75 Å². The molecule has 6 nitrogen and oxygen atoms in total. The molecule has 22 heavy (non-hydrogen) atoms. The molecule has 1 unspecified atom stereocenters. The molecule has 1 aromatic carbocycles. The summed E-state index contributed by atoms with van der Waals surface area (Å²) in [6.45, 7) is 1.59. The van der Waals surface area contributed by atoms with E-state index in [1.807, 2.05) is 18.2 Å². The number of hydrogen-bond donors (Lipinski definition) is 2. The number of rotatable bonds is 5. The highest BCUT2D eigenvalue weighted by atomic mass is 16.5. The Hall–Kier alpha value is -1.79. The Morgan fingerprint density at radius 1 is 1.50 bits per heavy atom. The van der Waals surface area contributed by atoms with Gasteiger partial charge in [0.25, 0.3) is 0 Å². The Balaban J connectivity index is 1.86. The first-order valence-electron chi connectivity index (χ1n) is 7.51. The molecule has 1 atom stereocenters. The van der Waals surface area contributed by atoms with Crippen LogP contribution in [0.15, 0.2) is 24.3 Å². The fraction of sp³-hybridized carbons (Fsp3) is 0.562.